The third-order valence-corrected chi connectivity index (χ3v) is 3.08. The summed E-state index contributed by atoms with van der Waals surface area (Å²) >= 11 is 0. The molecule has 2 aromatic rings. The minimum absolute atomic E-state index is 0.164. The summed E-state index contributed by atoms with van der Waals surface area (Å²) in [6.07, 6.45) is 0.715. The van der Waals surface area contributed by atoms with Gasteiger partial charge in [0.05, 0.1) is 0 Å². The summed E-state index contributed by atoms with van der Waals surface area (Å²) in [5.41, 5.74) is 2.02. The molecule has 20 heavy (non-hydrogen) atoms. The van der Waals surface area contributed by atoms with Crippen molar-refractivity contribution in [2.24, 2.45) is 0 Å². The molecule has 2 aromatic carbocycles. The Bertz CT molecular complexity index is 626. The molecule has 2 rings (SSSR count). The lowest BCUT2D eigenvalue weighted by molar-refractivity contribution is -0.116. The number of nitrogens with one attached hydrogen (secondary N) is 1. The molecule has 0 bridgehead atoms. The average molecular weight is 273 g/mol. The maximum absolute atomic E-state index is 13.0. The fourth-order valence-corrected chi connectivity index (χ4v) is 1.95. The van der Waals surface area contributed by atoms with E-state index in [1.165, 1.54) is 12.1 Å². The van der Waals surface area contributed by atoms with Crippen LogP contribution in [0.5, 0.6) is 5.75 Å². The summed E-state index contributed by atoms with van der Waals surface area (Å²) in [4.78, 5) is 11.8. The molecular weight excluding hydrogens is 257 g/mol. The largest absolute Gasteiger partial charge is 0.508 e. The SMILES string of the molecule is Cc1cc(F)ccc1NC(=O)CCc1ccccc1O. The smallest absolute Gasteiger partial charge is 0.224 e. The van der Waals surface area contributed by atoms with Crippen molar-refractivity contribution >= 4 is 11.6 Å². The Morgan fingerprint density at radius 1 is 1.25 bits per heavy atom. The Kier molecular flexibility index (Phi) is 4.35. The van der Waals surface area contributed by atoms with Crippen LogP contribution in [0.4, 0.5) is 10.1 Å². The van der Waals surface area contributed by atoms with E-state index in [0.29, 0.717) is 17.7 Å². The zero-order chi connectivity index (χ0) is 14.5. The van der Waals surface area contributed by atoms with Gasteiger partial charge in [-0.05, 0) is 48.7 Å². The second-order valence-electron chi connectivity index (χ2n) is 4.64. The van der Waals surface area contributed by atoms with Crippen molar-refractivity contribution in [1.29, 1.82) is 0 Å². The van der Waals surface area contributed by atoms with Crippen molar-refractivity contribution in [3.63, 3.8) is 0 Å². The van der Waals surface area contributed by atoms with Gasteiger partial charge in [-0.15, -0.1) is 0 Å². The highest BCUT2D eigenvalue weighted by atomic mass is 19.1. The topological polar surface area (TPSA) is 49.3 Å². The number of aryl methyl sites for hydroxylation is 2. The fraction of sp³-hybridized carbons (Fsp3) is 0.188. The molecule has 1 amide bonds. The zero-order valence-electron chi connectivity index (χ0n) is 11.2. The molecule has 0 saturated carbocycles. The number of para-hydroxylation sites is 1. The molecule has 0 aromatic heterocycles. The maximum atomic E-state index is 13.0. The summed E-state index contributed by atoms with van der Waals surface area (Å²) in [6, 6.07) is 11.2. The van der Waals surface area contributed by atoms with Crippen molar-refractivity contribution in [1.82, 2.24) is 0 Å². The highest BCUT2D eigenvalue weighted by molar-refractivity contribution is 5.91. The number of hydrogen-bond donors (Lipinski definition) is 2. The number of carbonyl (C=O) groups is 1. The number of phenolic OH excluding ortho intramolecular Hbond substituents is 1. The Hall–Kier alpha value is -2.36. The molecule has 0 heterocycles. The molecule has 4 heteroatoms. The van der Waals surface area contributed by atoms with Crippen LogP contribution >= 0.6 is 0 Å². The van der Waals surface area contributed by atoms with Gasteiger partial charge in [0.2, 0.25) is 5.91 Å². The van der Waals surface area contributed by atoms with Crippen LogP contribution in [-0.4, -0.2) is 11.0 Å². The molecule has 0 unspecified atom stereocenters. The average Bonchev–Trinajstić information content (AvgIpc) is 2.41. The monoisotopic (exact) mass is 273 g/mol. The van der Waals surface area contributed by atoms with E-state index < -0.39 is 0 Å². The van der Waals surface area contributed by atoms with E-state index in [0.717, 1.165) is 5.56 Å². The van der Waals surface area contributed by atoms with E-state index in [-0.39, 0.29) is 23.9 Å². The van der Waals surface area contributed by atoms with Crippen LogP contribution in [0.3, 0.4) is 0 Å². The molecule has 2 N–H and O–H groups in total. The molecule has 0 fully saturated rings. The van der Waals surface area contributed by atoms with Crippen molar-refractivity contribution in [3.8, 4) is 5.75 Å². The van der Waals surface area contributed by atoms with E-state index in [2.05, 4.69) is 5.32 Å². The van der Waals surface area contributed by atoms with Gasteiger partial charge in [-0.2, -0.15) is 0 Å². The third-order valence-electron chi connectivity index (χ3n) is 3.08. The third kappa shape index (κ3) is 3.57. The Balaban J connectivity index is 1.94. The first kappa shape index (κ1) is 14.1. The standard InChI is InChI=1S/C16H16FNO2/c1-11-10-13(17)7-8-14(11)18-16(20)9-6-12-4-2-3-5-15(12)19/h2-5,7-8,10,19H,6,9H2,1H3,(H,18,20). The molecule has 0 aliphatic heterocycles. The number of phenols is 1. The molecule has 0 aliphatic carbocycles. The van der Waals surface area contributed by atoms with Crippen LogP contribution in [0.25, 0.3) is 0 Å². The van der Waals surface area contributed by atoms with Gasteiger partial charge in [0, 0.05) is 12.1 Å². The van der Waals surface area contributed by atoms with Gasteiger partial charge in [-0.1, -0.05) is 18.2 Å². The summed E-state index contributed by atoms with van der Waals surface area (Å²) in [5, 5.41) is 12.4. The maximum Gasteiger partial charge on any atom is 0.224 e. The Morgan fingerprint density at radius 3 is 2.70 bits per heavy atom. The predicted octanol–water partition coefficient (Wildman–Crippen LogP) is 3.41. The first-order chi connectivity index (χ1) is 9.56. The molecule has 104 valence electrons. The van der Waals surface area contributed by atoms with Gasteiger partial charge in [-0.25, -0.2) is 4.39 Å². The summed E-state index contributed by atoms with van der Waals surface area (Å²) in [6.45, 7) is 1.74. The van der Waals surface area contributed by atoms with Gasteiger partial charge in [0.1, 0.15) is 11.6 Å². The first-order valence-corrected chi connectivity index (χ1v) is 6.39. The van der Waals surface area contributed by atoms with Gasteiger partial charge < -0.3 is 10.4 Å². The normalized spacial score (nSPS) is 10.3. The molecular formula is C16H16FNO2. The highest BCUT2D eigenvalue weighted by Crippen LogP contribution is 2.19. The molecule has 0 radical (unpaired) electrons. The zero-order valence-corrected chi connectivity index (χ0v) is 11.2. The van der Waals surface area contributed by atoms with Gasteiger partial charge in [-0.3, -0.25) is 4.79 Å². The van der Waals surface area contributed by atoms with Gasteiger partial charge >= 0.3 is 0 Å². The van der Waals surface area contributed by atoms with Gasteiger partial charge in [0.25, 0.3) is 0 Å². The number of benzene rings is 2. The first-order valence-electron chi connectivity index (χ1n) is 6.39. The quantitative estimate of drug-likeness (QED) is 0.896. The molecule has 0 saturated heterocycles. The lowest BCUT2D eigenvalue weighted by Crippen LogP contribution is -2.13. The number of halogens is 1. The second kappa shape index (κ2) is 6.19. The van der Waals surface area contributed by atoms with Crippen molar-refractivity contribution in [2.45, 2.75) is 19.8 Å². The molecule has 0 aliphatic rings. The number of anilines is 1. The van der Waals surface area contributed by atoms with E-state index in [1.807, 2.05) is 6.07 Å². The number of aromatic hydroxyl groups is 1. The van der Waals surface area contributed by atoms with Crippen LogP contribution in [0.2, 0.25) is 0 Å². The lowest BCUT2D eigenvalue weighted by atomic mass is 10.1. The summed E-state index contributed by atoms with van der Waals surface area (Å²) in [7, 11) is 0. The lowest BCUT2D eigenvalue weighted by Gasteiger charge is -2.09. The number of hydrogen-bond acceptors (Lipinski definition) is 2. The van der Waals surface area contributed by atoms with Crippen LogP contribution in [0, 0.1) is 12.7 Å². The fourth-order valence-electron chi connectivity index (χ4n) is 1.95. The van der Waals surface area contributed by atoms with Crippen molar-refractivity contribution in [2.75, 3.05) is 5.32 Å². The van der Waals surface area contributed by atoms with Crippen LogP contribution in [-0.2, 0) is 11.2 Å². The molecule has 0 atom stereocenters. The van der Waals surface area contributed by atoms with Gasteiger partial charge in [0.15, 0.2) is 0 Å². The number of rotatable bonds is 4. The highest BCUT2D eigenvalue weighted by Gasteiger charge is 2.07. The summed E-state index contributed by atoms with van der Waals surface area (Å²) in [5.74, 6) is -0.295. The van der Waals surface area contributed by atoms with Crippen molar-refractivity contribution < 1.29 is 14.3 Å². The Morgan fingerprint density at radius 2 is 2.00 bits per heavy atom. The Labute approximate surface area is 117 Å². The minimum atomic E-state index is -0.324. The van der Waals surface area contributed by atoms with E-state index in [9.17, 15) is 14.3 Å². The van der Waals surface area contributed by atoms with Crippen molar-refractivity contribution in [3.05, 3.63) is 59.4 Å². The predicted molar refractivity (Wildman–Crippen MR) is 76.2 cm³/mol. The number of amides is 1. The minimum Gasteiger partial charge on any atom is -0.508 e. The van der Waals surface area contributed by atoms with Crippen LogP contribution in [0.15, 0.2) is 42.5 Å². The molecule has 3 nitrogen and oxygen atoms in total. The summed E-state index contributed by atoms with van der Waals surface area (Å²) < 4.78 is 13.0. The van der Waals surface area contributed by atoms with E-state index in [4.69, 9.17) is 0 Å². The van der Waals surface area contributed by atoms with E-state index >= 15 is 0 Å². The number of carbonyl (C=O) groups excluding carboxylic acids is 1. The van der Waals surface area contributed by atoms with E-state index in [1.54, 1.807) is 31.2 Å². The second-order valence-corrected chi connectivity index (χ2v) is 4.64. The molecule has 0 spiro atoms. The van der Waals surface area contributed by atoms with Crippen LogP contribution in [0.1, 0.15) is 17.5 Å². The van der Waals surface area contributed by atoms with Crippen LogP contribution < -0.4 is 5.32 Å².